The Morgan fingerprint density at radius 1 is 1.50 bits per heavy atom. The van der Waals surface area contributed by atoms with Gasteiger partial charge in [0.15, 0.2) is 0 Å². The third-order valence-electron chi connectivity index (χ3n) is 3.24. The third kappa shape index (κ3) is 2.73. The van der Waals surface area contributed by atoms with E-state index in [2.05, 4.69) is 11.9 Å². The molecule has 0 bridgehead atoms. The molecule has 16 heavy (non-hydrogen) atoms. The van der Waals surface area contributed by atoms with Crippen molar-refractivity contribution in [2.45, 2.75) is 45.3 Å². The fraction of sp³-hybridized carbons (Fsp3) is 0.615. The van der Waals surface area contributed by atoms with Crippen LogP contribution in [-0.4, -0.2) is 11.1 Å². The molecule has 1 aromatic rings. The highest BCUT2D eigenvalue weighted by Gasteiger charge is 2.21. The van der Waals surface area contributed by atoms with Crippen molar-refractivity contribution >= 4 is 0 Å². The lowest BCUT2D eigenvalue weighted by Gasteiger charge is -2.27. The fourth-order valence-electron chi connectivity index (χ4n) is 2.33. The fourth-order valence-corrected chi connectivity index (χ4v) is 2.33. The van der Waals surface area contributed by atoms with E-state index in [9.17, 15) is 0 Å². The first-order valence-electron chi connectivity index (χ1n) is 6.10. The Morgan fingerprint density at radius 2 is 2.38 bits per heavy atom. The lowest BCUT2D eigenvalue weighted by molar-refractivity contribution is 0.122. The van der Waals surface area contributed by atoms with Crippen molar-refractivity contribution in [2.24, 2.45) is 11.7 Å². The van der Waals surface area contributed by atoms with E-state index in [0.29, 0.717) is 12.6 Å². The van der Waals surface area contributed by atoms with Crippen molar-refractivity contribution in [1.82, 2.24) is 4.98 Å². The molecular formula is C13H20N2O. The van der Waals surface area contributed by atoms with Crippen LogP contribution < -0.4 is 10.5 Å². The number of nitrogens with two attached hydrogens (primary N) is 1. The minimum absolute atomic E-state index is 0.323. The highest BCUT2D eigenvalue weighted by Crippen LogP contribution is 2.27. The van der Waals surface area contributed by atoms with Crippen molar-refractivity contribution in [3.63, 3.8) is 0 Å². The summed E-state index contributed by atoms with van der Waals surface area (Å²) in [5, 5.41) is 0. The average molecular weight is 220 g/mol. The molecule has 2 atom stereocenters. The Bertz CT molecular complexity index is 340. The molecule has 0 aliphatic heterocycles. The van der Waals surface area contributed by atoms with Gasteiger partial charge in [0.05, 0.1) is 0 Å². The van der Waals surface area contributed by atoms with Crippen LogP contribution in [0, 0.1) is 5.92 Å². The van der Waals surface area contributed by atoms with Crippen LogP contribution in [0.5, 0.6) is 5.88 Å². The molecular weight excluding hydrogens is 200 g/mol. The van der Waals surface area contributed by atoms with E-state index in [1.54, 1.807) is 6.20 Å². The maximum absolute atomic E-state index is 5.96. The van der Waals surface area contributed by atoms with E-state index in [1.807, 2.05) is 12.1 Å². The highest BCUT2D eigenvalue weighted by atomic mass is 16.5. The van der Waals surface area contributed by atoms with Gasteiger partial charge in [0.1, 0.15) is 6.10 Å². The van der Waals surface area contributed by atoms with Crippen LogP contribution in [-0.2, 0) is 6.54 Å². The Morgan fingerprint density at radius 3 is 3.12 bits per heavy atom. The second-order valence-corrected chi connectivity index (χ2v) is 4.68. The zero-order chi connectivity index (χ0) is 11.4. The molecule has 1 saturated carbocycles. The molecule has 2 rings (SSSR count). The number of hydrogen-bond donors (Lipinski definition) is 1. The summed E-state index contributed by atoms with van der Waals surface area (Å²) in [6.45, 7) is 2.78. The Labute approximate surface area is 97.0 Å². The quantitative estimate of drug-likeness (QED) is 0.851. The SMILES string of the molecule is CC1CCCC(Oc2ncccc2CN)C1. The van der Waals surface area contributed by atoms with E-state index in [-0.39, 0.29) is 0 Å². The summed E-state index contributed by atoms with van der Waals surface area (Å²) in [5.74, 6) is 1.49. The van der Waals surface area contributed by atoms with Gasteiger partial charge in [0, 0.05) is 18.3 Å². The molecule has 3 nitrogen and oxygen atoms in total. The number of aromatic nitrogens is 1. The van der Waals surface area contributed by atoms with Crippen molar-refractivity contribution in [1.29, 1.82) is 0 Å². The Kier molecular flexibility index (Phi) is 3.78. The van der Waals surface area contributed by atoms with Crippen molar-refractivity contribution in [3.05, 3.63) is 23.9 Å². The minimum atomic E-state index is 0.323. The number of ether oxygens (including phenoxy) is 1. The van der Waals surface area contributed by atoms with Gasteiger partial charge in [-0.05, 0) is 31.2 Å². The Balaban J connectivity index is 2.02. The predicted octanol–water partition coefficient (Wildman–Crippen LogP) is 2.50. The molecule has 0 radical (unpaired) electrons. The second kappa shape index (κ2) is 5.30. The molecule has 1 aliphatic rings. The number of rotatable bonds is 3. The van der Waals surface area contributed by atoms with Crippen LogP contribution in [0.15, 0.2) is 18.3 Å². The van der Waals surface area contributed by atoms with Gasteiger partial charge in [0.2, 0.25) is 5.88 Å². The molecule has 0 amide bonds. The molecule has 0 saturated heterocycles. The van der Waals surface area contributed by atoms with Gasteiger partial charge in [-0.1, -0.05) is 19.4 Å². The van der Waals surface area contributed by atoms with Gasteiger partial charge in [-0.15, -0.1) is 0 Å². The van der Waals surface area contributed by atoms with Gasteiger partial charge in [0.25, 0.3) is 0 Å². The topological polar surface area (TPSA) is 48.1 Å². The number of pyridine rings is 1. The first-order valence-corrected chi connectivity index (χ1v) is 6.10. The van der Waals surface area contributed by atoms with E-state index in [4.69, 9.17) is 10.5 Å². The van der Waals surface area contributed by atoms with Gasteiger partial charge < -0.3 is 10.5 Å². The first-order chi connectivity index (χ1) is 7.79. The zero-order valence-corrected chi connectivity index (χ0v) is 9.86. The van der Waals surface area contributed by atoms with Crippen molar-refractivity contribution < 1.29 is 4.74 Å². The highest BCUT2D eigenvalue weighted by molar-refractivity contribution is 5.25. The lowest BCUT2D eigenvalue weighted by atomic mass is 9.89. The summed E-state index contributed by atoms with van der Waals surface area (Å²) in [6.07, 6.45) is 6.96. The van der Waals surface area contributed by atoms with Gasteiger partial charge in [-0.2, -0.15) is 0 Å². The molecule has 1 heterocycles. The summed E-state index contributed by atoms with van der Waals surface area (Å²) in [5.41, 5.74) is 6.66. The smallest absolute Gasteiger partial charge is 0.218 e. The van der Waals surface area contributed by atoms with E-state index in [1.165, 1.54) is 12.8 Å². The minimum Gasteiger partial charge on any atom is -0.474 e. The van der Waals surface area contributed by atoms with E-state index in [0.717, 1.165) is 30.2 Å². The van der Waals surface area contributed by atoms with Crippen LogP contribution in [0.2, 0.25) is 0 Å². The molecule has 88 valence electrons. The summed E-state index contributed by atoms with van der Waals surface area (Å²) in [7, 11) is 0. The summed E-state index contributed by atoms with van der Waals surface area (Å²) in [6, 6.07) is 3.88. The first kappa shape index (κ1) is 11.4. The molecule has 1 aromatic heterocycles. The summed E-state index contributed by atoms with van der Waals surface area (Å²) >= 11 is 0. The van der Waals surface area contributed by atoms with Crippen LogP contribution in [0.25, 0.3) is 0 Å². The Hall–Kier alpha value is -1.09. The molecule has 1 fully saturated rings. The summed E-state index contributed by atoms with van der Waals surface area (Å²) in [4.78, 5) is 4.27. The van der Waals surface area contributed by atoms with Crippen molar-refractivity contribution in [2.75, 3.05) is 0 Å². The zero-order valence-electron chi connectivity index (χ0n) is 9.86. The third-order valence-corrected chi connectivity index (χ3v) is 3.24. The lowest BCUT2D eigenvalue weighted by Crippen LogP contribution is -2.25. The van der Waals surface area contributed by atoms with Crippen LogP contribution >= 0.6 is 0 Å². The van der Waals surface area contributed by atoms with Crippen LogP contribution in [0.3, 0.4) is 0 Å². The number of hydrogen-bond acceptors (Lipinski definition) is 3. The maximum Gasteiger partial charge on any atom is 0.218 e. The van der Waals surface area contributed by atoms with Crippen molar-refractivity contribution in [3.8, 4) is 5.88 Å². The molecule has 2 unspecified atom stereocenters. The molecule has 3 heteroatoms. The maximum atomic E-state index is 5.96. The summed E-state index contributed by atoms with van der Waals surface area (Å²) < 4.78 is 5.96. The molecule has 0 aromatic carbocycles. The largest absolute Gasteiger partial charge is 0.474 e. The molecule has 0 spiro atoms. The van der Waals surface area contributed by atoms with E-state index >= 15 is 0 Å². The van der Waals surface area contributed by atoms with E-state index < -0.39 is 0 Å². The standard InChI is InChI=1S/C13H20N2O/c1-10-4-2-6-12(8-10)16-13-11(9-14)5-3-7-15-13/h3,5,7,10,12H,2,4,6,8-9,14H2,1H3. The second-order valence-electron chi connectivity index (χ2n) is 4.68. The van der Waals surface area contributed by atoms with Gasteiger partial charge >= 0.3 is 0 Å². The molecule has 2 N–H and O–H groups in total. The molecule has 1 aliphatic carbocycles. The predicted molar refractivity (Wildman–Crippen MR) is 64.2 cm³/mol. The monoisotopic (exact) mass is 220 g/mol. The number of nitrogens with zero attached hydrogens (tertiary/aromatic N) is 1. The normalized spacial score (nSPS) is 25.4. The van der Waals surface area contributed by atoms with Gasteiger partial charge in [-0.3, -0.25) is 0 Å². The van der Waals surface area contributed by atoms with Crippen LogP contribution in [0.1, 0.15) is 38.2 Å². The van der Waals surface area contributed by atoms with Gasteiger partial charge in [-0.25, -0.2) is 4.98 Å². The van der Waals surface area contributed by atoms with Crippen LogP contribution in [0.4, 0.5) is 0 Å². The average Bonchev–Trinajstić information content (AvgIpc) is 2.30.